The van der Waals surface area contributed by atoms with Gasteiger partial charge in [0.15, 0.2) is 11.6 Å². The Balaban J connectivity index is 1.48. The van der Waals surface area contributed by atoms with Crippen molar-refractivity contribution in [2.75, 3.05) is 31.1 Å². The van der Waals surface area contributed by atoms with E-state index in [4.69, 9.17) is 0 Å². The number of hydrogen-bond acceptors (Lipinski definition) is 3. The second kappa shape index (κ2) is 8.99. The third-order valence-electron chi connectivity index (χ3n) is 5.64. The molecule has 154 valence electrons. The van der Waals surface area contributed by atoms with Crippen molar-refractivity contribution in [1.82, 2.24) is 10.2 Å². The minimum absolute atomic E-state index is 0.00120. The number of aryl methyl sites for hydroxylation is 1. The van der Waals surface area contributed by atoms with Crippen LogP contribution >= 0.6 is 0 Å². The molecule has 28 heavy (non-hydrogen) atoms. The monoisotopic (exact) mass is 393 g/mol. The second-order valence-electron chi connectivity index (χ2n) is 8.07. The van der Waals surface area contributed by atoms with Crippen LogP contribution in [0.4, 0.5) is 14.5 Å². The molecule has 2 aliphatic rings. The Morgan fingerprint density at radius 1 is 1.14 bits per heavy atom. The minimum Gasteiger partial charge on any atom is -0.353 e. The van der Waals surface area contributed by atoms with E-state index in [2.05, 4.69) is 10.2 Å². The number of nitrogens with zero attached hydrogens (tertiary/aromatic N) is 2. The summed E-state index contributed by atoms with van der Waals surface area (Å²) in [6, 6.07) is 2.59. The molecule has 2 aliphatic heterocycles. The van der Waals surface area contributed by atoms with Gasteiger partial charge in [-0.25, -0.2) is 8.78 Å². The van der Waals surface area contributed by atoms with E-state index < -0.39 is 11.6 Å². The fourth-order valence-electron chi connectivity index (χ4n) is 3.91. The molecule has 0 aromatic heterocycles. The van der Waals surface area contributed by atoms with Gasteiger partial charge in [0.25, 0.3) is 0 Å². The molecule has 1 saturated heterocycles. The molecule has 2 amide bonds. The van der Waals surface area contributed by atoms with Crippen LogP contribution in [0, 0.1) is 17.6 Å². The van der Waals surface area contributed by atoms with Gasteiger partial charge in [-0.05, 0) is 43.9 Å². The highest BCUT2D eigenvalue weighted by molar-refractivity contribution is 5.96. The number of anilines is 1. The Morgan fingerprint density at radius 2 is 1.82 bits per heavy atom. The van der Waals surface area contributed by atoms with E-state index in [0.717, 1.165) is 45.0 Å². The lowest BCUT2D eigenvalue weighted by Crippen LogP contribution is -2.46. The SMILES string of the molecule is CC(C)C(=O)NC1CCN(CCCN2C(=O)CCc3cc(F)c(F)cc32)CC1. The fraction of sp³-hybridized carbons (Fsp3) is 0.619. The molecule has 0 saturated carbocycles. The van der Waals surface area contributed by atoms with Gasteiger partial charge in [-0.2, -0.15) is 0 Å². The highest BCUT2D eigenvalue weighted by Crippen LogP contribution is 2.30. The van der Waals surface area contributed by atoms with Crippen LogP contribution in [0.5, 0.6) is 0 Å². The first-order valence-electron chi connectivity index (χ1n) is 10.2. The maximum absolute atomic E-state index is 13.6. The average Bonchev–Trinajstić information content (AvgIpc) is 2.66. The molecule has 1 aromatic carbocycles. The molecule has 7 heteroatoms. The van der Waals surface area contributed by atoms with Crippen molar-refractivity contribution in [1.29, 1.82) is 0 Å². The van der Waals surface area contributed by atoms with Gasteiger partial charge in [0, 0.05) is 49.8 Å². The summed E-state index contributed by atoms with van der Waals surface area (Å²) < 4.78 is 27.1. The molecule has 1 aromatic rings. The smallest absolute Gasteiger partial charge is 0.227 e. The zero-order valence-corrected chi connectivity index (χ0v) is 16.6. The van der Waals surface area contributed by atoms with E-state index in [1.165, 1.54) is 6.07 Å². The quantitative estimate of drug-likeness (QED) is 0.809. The number of halogens is 2. The average molecular weight is 393 g/mol. The van der Waals surface area contributed by atoms with Gasteiger partial charge in [-0.15, -0.1) is 0 Å². The largest absolute Gasteiger partial charge is 0.353 e. The van der Waals surface area contributed by atoms with E-state index >= 15 is 0 Å². The topological polar surface area (TPSA) is 52.7 Å². The third-order valence-corrected chi connectivity index (χ3v) is 5.64. The van der Waals surface area contributed by atoms with Crippen molar-refractivity contribution in [3.8, 4) is 0 Å². The first-order valence-corrected chi connectivity index (χ1v) is 10.2. The maximum Gasteiger partial charge on any atom is 0.227 e. The highest BCUT2D eigenvalue weighted by atomic mass is 19.2. The molecule has 0 aliphatic carbocycles. The molecule has 0 spiro atoms. The number of nitrogens with one attached hydrogen (secondary N) is 1. The standard InChI is InChI=1S/C21H29F2N3O2/c1-14(2)21(28)24-16-6-10-25(11-7-16)8-3-9-26-19-13-18(23)17(22)12-15(19)4-5-20(26)27/h12-14,16H,3-11H2,1-2H3,(H,24,28). The normalized spacial score (nSPS) is 18.5. The number of benzene rings is 1. The minimum atomic E-state index is -0.913. The summed E-state index contributed by atoms with van der Waals surface area (Å²) in [5.41, 5.74) is 1.20. The number of carbonyl (C=O) groups excluding carboxylic acids is 2. The number of hydrogen-bond donors (Lipinski definition) is 1. The van der Waals surface area contributed by atoms with Gasteiger partial charge >= 0.3 is 0 Å². The third kappa shape index (κ3) is 4.87. The summed E-state index contributed by atoms with van der Waals surface area (Å²) >= 11 is 0. The molecule has 0 atom stereocenters. The molecule has 5 nitrogen and oxygen atoms in total. The van der Waals surface area contributed by atoms with E-state index in [9.17, 15) is 18.4 Å². The van der Waals surface area contributed by atoms with Gasteiger partial charge in [-0.1, -0.05) is 13.8 Å². The van der Waals surface area contributed by atoms with Crippen LogP contribution in [0.1, 0.15) is 45.1 Å². The predicted octanol–water partition coefficient (Wildman–Crippen LogP) is 2.87. The Kier molecular flexibility index (Phi) is 6.65. The zero-order chi connectivity index (χ0) is 20.3. The summed E-state index contributed by atoms with van der Waals surface area (Å²) in [5, 5.41) is 3.09. The number of piperidine rings is 1. The molecule has 3 rings (SSSR count). The summed E-state index contributed by atoms with van der Waals surface area (Å²) in [5.74, 6) is -1.70. The van der Waals surface area contributed by atoms with Gasteiger partial charge in [0.1, 0.15) is 0 Å². The Morgan fingerprint density at radius 3 is 2.50 bits per heavy atom. The summed E-state index contributed by atoms with van der Waals surface area (Å²) in [7, 11) is 0. The van der Waals surface area contributed by atoms with Crippen molar-refractivity contribution >= 4 is 17.5 Å². The van der Waals surface area contributed by atoms with Gasteiger partial charge in [0.2, 0.25) is 11.8 Å². The van der Waals surface area contributed by atoms with Gasteiger partial charge in [0.05, 0.1) is 0 Å². The summed E-state index contributed by atoms with van der Waals surface area (Å²) in [4.78, 5) is 28.0. The van der Waals surface area contributed by atoms with E-state index in [0.29, 0.717) is 30.6 Å². The maximum atomic E-state index is 13.6. The molecular weight excluding hydrogens is 364 g/mol. The van der Waals surface area contributed by atoms with Crippen molar-refractivity contribution in [2.24, 2.45) is 5.92 Å². The highest BCUT2D eigenvalue weighted by Gasteiger charge is 2.26. The van der Waals surface area contributed by atoms with E-state index in [-0.39, 0.29) is 23.8 Å². The second-order valence-corrected chi connectivity index (χ2v) is 8.07. The number of amides is 2. The van der Waals surface area contributed by atoms with Crippen molar-refractivity contribution in [3.05, 3.63) is 29.3 Å². The first-order chi connectivity index (χ1) is 13.3. The van der Waals surface area contributed by atoms with Gasteiger partial charge in [-0.3, -0.25) is 9.59 Å². The Bertz CT molecular complexity index is 731. The summed E-state index contributed by atoms with van der Waals surface area (Å²) in [6.07, 6.45) is 3.41. The van der Waals surface area contributed by atoms with Crippen molar-refractivity contribution in [3.63, 3.8) is 0 Å². The van der Waals surface area contributed by atoms with Crippen molar-refractivity contribution < 1.29 is 18.4 Å². The molecule has 1 N–H and O–H groups in total. The van der Waals surface area contributed by atoms with Crippen LogP contribution in [0.25, 0.3) is 0 Å². The van der Waals surface area contributed by atoms with Crippen LogP contribution in [0.3, 0.4) is 0 Å². The number of carbonyl (C=O) groups is 2. The molecule has 0 unspecified atom stereocenters. The molecule has 0 bridgehead atoms. The first kappa shape index (κ1) is 20.7. The van der Waals surface area contributed by atoms with Gasteiger partial charge < -0.3 is 15.1 Å². The van der Waals surface area contributed by atoms with Crippen LogP contribution in [-0.4, -0.2) is 48.9 Å². The lowest BCUT2D eigenvalue weighted by atomic mass is 10.0. The van der Waals surface area contributed by atoms with Crippen LogP contribution in [0.2, 0.25) is 0 Å². The van der Waals surface area contributed by atoms with E-state index in [1.54, 1.807) is 4.90 Å². The number of likely N-dealkylation sites (tertiary alicyclic amines) is 1. The van der Waals surface area contributed by atoms with Crippen LogP contribution in [-0.2, 0) is 16.0 Å². The van der Waals surface area contributed by atoms with Crippen LogP contribution in [0.15, 0.2) is 12.1 Å². The molecule has 2 heterocycles. The molecule has 0 radical (unpaired) electrons. The van der Waals surface area contributed by atoms with Crippen LogP contribution < -0.4 is 10.2 Å². The molecule has 1 fully saturated rings. The molecular formula is C21H29F2N3O2. The Hall–Kier alpha value is -2.02. The lowest BCUT2D eigenvalue weighted by molar-refractivity contribution is -0.125. The number of rotatable bonds is 6. The van der Waals surface area contributed by atoms with Crippen molar-refractivity contribution in [2.45, 2.75) is 52.0 Å². The lowest BCUT2D eigenvalue weighted by Gasteiger charge is -2.34. The predicted molar refractivity (Wildman–Crippen MR) is 104 cm³/mol. The Labute approximate surface area is 165 Å². The summed E-state index contributed by atoms with van der Waals surface area (Å²) in [6.45, 7) is 6.95. The zero-order valence-electron chi connectivity index (χ0n) is 16.6. The fourth-order valence-corrected chi connectivity index (χ4v) is 3.91. The van der Waals surface area contributed by atoms with E-state index in [1.807, 2.05) is 13.8 Å². The number of fused-ring (bicyclic) bond motifs is 1.